The van der Waals surface area contributed by atoms with Crippen molar-refractivity contribution in [3.05, 3.63) is 23.2 Å². The van der Waals surface area contributed by atoms with Gasteiger partial charge >= 0.3 is 0 Å². The summed E-state index contributed by atoms with van der Waals surface area (Å²) in [4.78, 5) is 4.30. The summed E-state index contributed by atoms with van der Waals surface area (Å²) >= 11 is 0. The molecule has 0 saturated heterocycles. The van der Waals surface area contributed by atoms with E-state index in [4.69, 9.17) is 9.15 Å². The first kappa shape index (κ1) is 16.0. The van der Waals surface area contributed by atoms with Crippen molar-refractivity contribution in [1.29, 1.82) is 0 Å². The maximum atomic E-state index is 5.63. The lowest BCUT2D eigenvalue weighted by Gasteiger charge is -2.15. The summed E-state index contributed by atoms with van der Waals surface area (Å²) in [6, 6.07) is 0. The van der Waals surface area contributed by atoms with E-state index in [0.717, 1.165) is 44.1 Å². The summed E-state index contributed by atoms with van der Waals surface area (Å²) in [5.74, 6) is 1.42. The first-order valence-electron chi connectivity index (χ1n) is 7.09. The van der Waals surface area contributed by atoms with Crippen LogP contribution in [0.5, 0.6) is 0 Å². The molecule has 0 saturated carbocycles. The number of aryl methyl sites for hydroxylation is 1. The zero-order valence-corrected chi connectivity index (χ0v) is 13.2. The normalized spacial score (nSPS) is 13.8. The Kier molecular flexibility index (Phi) is 5.39. The third-order valence-electron chi connectivity index (χ3n) is 3.48. The molecule has 3 rings (SSSR count). The van der Waals surface area contributed by atoms with E-state index in [2.05, 4.69) is 15.4 Å². The van der Waals surface area contributed by atoms with E-state index in [9.17, 15) is 0 Å². The molecule has 0 atom stereocenters. The van der Waals surface area contributed by atoms with Gasteiger partial charge in [0.1, 0.15) is 5.76 Å². The number of hydrogen-bond donors (Lipinski definition) is 1. The van der Waals surface area contributed by atoms with Gasteiger partial charge < -0.3 is 14.5 Å². The van der Waals surface area contributed by atoms with Crippen LogP contribution in [0.3, 0.4) is 0 Å². The Hall–Kier alpha value is -1.37. The molecule has 0 bridgehead atoms. The van der Waals surface area contributed by atoms with E-state index >= 15 is 0 Å². The van der Waals surface area contributed by atoms with E-state index in [1.54, 1.807) is 6.20 Å². The highest BCUT2D eigenvalue weighted by molar-refractivity contribution is 5.85. The second kappa shape index (κ2) is 7.06. The third kappa shape index (κ3) is 3.28. The second-order valence-electron chi connectivity index (χ2n) is 4.90. The molecule has 2 aromatic rings. The van der Waals surface area contributed by atoms with Gasteiger partial charge in [-0.25, -0.2) is 4.98 Å². The highest BCUT2D eigenvalue weighted by Crippen LogP contribution is 2.27. The van der Waals surface area contributed by atoms with Crippen molar-refractivity contribution in [2.75, 3.05) is 19.8 Å². The number of halogens is 1. The molecule has 3 heterocycles. The van der Waals surface area contributed by atoms with Gasteiger partial charge in [0.25, 0.3) is 0 Å². The van der Waals surface area contributed by atoms with Crippen molar-refractivity contribution in [1.82, 2.24) is 20.1 Å². The molecule has 116 valence electrons. The van der Waals surface area contributed by atoms with Crippen molar-refractivity contribution in [3.8, 4) is 11.6 Å². The number of aromatic nitrogens is 3. The lowest BCUT2D eigenvalue weighted by Crippen LogP contribution is -2.25. The van der Waals surface area contributed by atoms with Crippen LogP contribution in [0.25, 0.3) is 11.6 Å². The van der Waals surface area contributed by atoms with Gasteiger partial charge in [0.2, 0.25) is 5.89 Å². The minimum atomic E-state index is 0. The molecule has 0 unspecified atom stereocenters. The molecule has 0 aliphatic carbocycles. The van der Waals surface area contributed by atoms with Crippen LogP contribution in [0, 0.1) is 6.92 Å². The number of ether oxygens (including phenoxy) is 1. The average Bonchev–Trinajstić information content (AvgIpc) is 3.04. The molecule has 0 spiro atoms. The standard InChI is InChI=1S/C14H20N4O2.ClH/c1-3-19-7-6-18-12-4-5-15-9-11(12)13(17-18)14-16-8-10(2)20-14;/h8,15H,3-7,9H2,1-2H3;1H. The van der Waals surface area contributed by atoms with Crippen LogP contribution in [-0.4, -0.2) is 34.5 Å². The van der Waals surface area contributed by atoms with Crippen LogP contribution in [0.4, 0.5) is 0 Å². The van der Waals surface area contributed by atoms with Crippen molar-refractivity contribution in [2.24, 2.45) is 0 Å². The number of nitrogens with zero attached hydrogens (tertiary/aromatic N) is 3. The van der Waals surface area contributed by atoms with Gasteiger partial charge in [-0.3, -0.25) is 4.68 Å². The van der Waals surface area contributed by atoms with E-state index in [0.29, 0.717) is 12.5 Å². The third-order valence-corrected chi connectivity index (χ3v) is 3.48. The summed E-state index contributed by atoms with van der Waals surface area (Å²) in [7, 11) is 0. The van der Waals surface area contributed by atoms with E-state index < -0.39 is 0 Å². The Morgan fingerprint density at radius 3 is 3.05 bits per heavy atom. The van der Waals surface area contributed by atoms with Crippen molar-refractivity contribution < 1.29 is 9.15 Å². The summed E-state index contributed by atoms with van der Waals surface area (Å²) in [5.41, 5.74) is 3.33. The monoisotopic (exact) mass is 312 g/mol. The number of fused-ring (bicyclic) bond motifs is 1. The molecule has 0 fully saturated rings. The van der Waals surface area contributed by atoms with E-state index in [-0.39, 0.29) is 12.4 Å². The SMILES string of the molecule is CCOCCn1nc(-c2ncc(C)o2)c2c1CCNC2.Cl. The Morgan fingerprint density at radius 1 is 1.48 bits per heavy atom. The topological polar surface area (TPSA) is 65.1 Å². The number of oxazole rings is 1. The van der Waals surface area contributed by atoms with Gasteiger partial charge in [0.15, 0.2) is 5.69 Å². The smallest absolute Gasteiger partial charge is 0.247 e. The quantitative estimate of drug-likeness (QED) is 0.855. The van der Waals surface area contributed by atoms with Gasteiger partial charge in [-0.15, -0.1) is 12.4 Å². The van der Waals surface area contributed by atoms with E-state index in [1.165, 1.54) is 11.3 Å². The summed E-state index contributed by atoms with van der Waals surface area (Å²) < 4.78 is 13.1. The first-order chi connectivity index (χ1) is 9.79. The zero-order valence-electron chi connectivity index (χ0n) is 12.4. The molecule has 21 heavy (non-hydrogen) atoms. The summed E-state index contributed by atoms with van der Waals surface area (Å²) in [6.07, 6.45) is 2.71. The maximum absolute atomic E-state index is 5.63. The molecular formula is C14H21ClN4O2. The average molecular weight is 313 g/mol. The Labute approximate surface area is 130 Å². The predicted octanol–water partition coefficient (Wildman–Crippen LogP) is 1.95. The molecule has 7 heteroatoms. The molecule has 0 aromatic carbocycles. The summed E-state index contributed by atoms with van der Waals surface area (Å²) in [5, 5.41) is 8.07. The van der Waals surface area contributed by atoms with Crippen LogP contribution >= 0.6 is 12.4 Å². The number of nitrogens with one attached hydrogen (secondary N) is 1. The van der Waals surface area contributed by atoms with Crippen LogP contribution in [0.15, 0.2) is 10.6 Å². The van der Waals surface area contributed by atoms with Crippen LogP contribution in [-0.2, 0) is 24.2 Å². The van der Waals surface area contributed by atoms with Crippen LogP contribution in [0.2, 0.25) is 0 Å². The van der Waals surface area contributed by atoms with Crippen molar-refractivity contribution in [2.45, 2.75) is 33.4 Å². The molecule has 0 radical (unpaired) electrons. The van der Waals surface area contributed by atoms with E-state index in [1.807, 2.05) is 18.5 Å². The zero-order chi connectivity index (χ0) is 13.9. The van der Waals surface area contributed by atoms with Gasteiger partial charge in [-0.1, -0.05) is 0 Å². The van der Waals surface area contributed by atoms with Gasteiger partial charge in [-0.05, 0) is 13.8 Å². The van der Waals surface area contributed by atoms with Crippen LogP contribution < -0.4 is 5.32 Å². The maximum Gasteiger partial charge on any atom is 0.247 e. The minimum Gasteiger partial charge on any atom is -0.440 e. The van der Waals surface area contributed by atoms with Gasteiger partial charge in [0.05, 0.1) is 19.3 Å². The van der Waals surface area contributed by atoms with Crippen LogP contribution in [0.1, 0.15) is 23.9 Å². The fourth-order valence-corrected chi connectivity index (χ4v) is 2.54. The predicted molar refractivity (Wildman–Crippen MR) is 81.6 cm³/mol. The minimum absolute atomic E-state index is 0. The van der Waals surface area contributed by atoms with Gasteiger partial charge in [0, 0.05) is 37.4 Å². The first-order valence-corrected chi connectivity index (χ1v) is 7.09. The lowest BCUT2D eigenvalue weighted by molar-refractivity contribution is 0.135. The van der Waals surface area contributed by atoms with Crippen molar-refractivity contribution >= 4 is 12.4 Å². The largest absolute Gasteiger partial charge is 0.440 e. The molecule has 1 aliphatic rings. The molecule has 6 nitrogen and oxygen atoms in total. The lowest BCUT2D eigenvalue weighted by atomic mass is 10.1. The molecular weight excluding hydrogens is 292 g/mol. The Balaban J connectivity index is 0.00000161. The Morgan fingerprint density at radius 2 is 2.33 bits per heavy atom. The molecule has 2 aromatic heterocycles. The fraction of sp³-hybridized carbons (Fsp3) is 0.571. The molecule has 1 aliphatic heterocycles. The highest BCUT2D eigenvalue weighted by Gasteiger charge is 2.23. The highest BCUT2D eigenvalue weighted by atomic mass is 35.5. The summed E-state index contributed by atoms with van der Waals surface area (Å²) in [6.45, 7) is 7.89. The Bertz CT molecular complexity index is 594. The second-order valence-corrected chi connectivity index (χ2v) is 4.90. The fourth-order valence-electron chi connectivity index (χ4n) is 2.54. The number of hydrogen-bond acceptors (Lipinski definition) is 5. The van der Waals surface area contributed by atoms with Gasteiger partial charge in [-0.2, -0.15) is 5.10 Å². The van der Waals surface area contributed by atoms with Crippen molar-refractivity contribution in [3.63, 3.8) is 0 Å². The molecule has 1 N–H and O–H groups in total. The number of rotatable bonds is 5. The molecule has 0 amide bonds.